The molecular formula is C20H25N5O5. The fourth-order valence-corrected chi connectivity index (χ4v) is 3.57. The number of nitrogens with two attached hydrogens (primary N) is 1. The van der Waals surface area contributed by atoms with E-state index in [1.54, 1.807) is 12.1 Å². The van der Waals surface area contributed by atoms with Gasteiger partial charge in [0, 0.05) is 24.9 Å². The highest BCUT2D eigenvalue weighted by molar-refractivity contribution is 5.92. The van der Waals surface area contributed by atoms with Crippen molar-refractivity contribution in [1.29, 1.82) is 0 Å². The molecule has 1 saturated heterocycles. The molecule has 1 aromatic carbocycles. The number of H-pyrrole nitrogens is 1. The molecule has 2 aromatic rings. The normalized spacial score (nSPS) is 18.0. The predicted molar refractivity (Wildman–Crippen MR) is 106 cm³/mol. The number of amides is 2. The molecule has 0 radical (unpaired) electrons. The molecule has 0 unspecified atom stereocenters. The number of phenolic OH excluding ortho intramolecular Hbond substituents is 1. The summed E-state index contributed by atoms with van der Waals surface area (Å²) in [7, 11) is 0. The average molecular weight is 415 g/mol. The summed E-state index contributed by atoms with van der Waals surface area (Å²) in [5.41, 5.74) is 7.45. The maximum atomic E-state index is 12.8. The van der Waals surface area contributed by atoms with E-state index in [2.05, 4.69) is 15.3 Å². The number of nitrogens with zero attached hydrogens (tertiary/aromatic N) is 2. The molecule has 6 N–H and O–H groups in total. The lowest BCUT2D eigenvalue weighted by molar-refractivity contribution is -0.144. The lowest BCUT2D eigenvalue weighted by atomic mass is 10.0. The summed E-state index contributed by atoms with van der Waals surface area (Å²) < 4.78 is 0. The van der Waals surface area contributed by atoms with Crippen LogP contribution in [0.2, 0.25) is 0 Å². The van der Waals surface area contributed by atoms with Crippen molar-refractivity contribution in [3.63, 3.8) is 0 Å². The molecule has 0 spiro atoms. The summed E-state index contributed by atoms with van der Waals surface area (Å²) in [5.74, 6) is -1.92. The number of likely N-dealkylation sites (tertiary alicyclic amines) is 1. The number of aliphatic carboxylic acids is 1. The Morgan fingerprint density at radius 1 is 1.27 bits per heavy atom. The second kappa shape index (κ2) is 9.40. The number of carboxylic acids is 1. The van der Waals surface area contributed by atoms with Crippen molar-refractivity contribution in [2.45, 2.75) is 43.8 Å². The van der Waals surface area contributed by atoms with Gasteiger partial charge >= 0.3 is 5.97 Å². The molecule has 0 saturated carbocycles. The Hall–Kier alpha value is -3.40. The maximum Gasteiger partial charge on any atom is 0.326 e. The van der Waals surface area contributed by atoms with E-state index in [0.29, 0.717) is 25.1 Å². The third-order valence-electron chi connectivity index (χ3n) is 5.14. The number of imidazole rings is 1. The molecule has 0 bridgehead atoms. The van der Waals surface area contributed by atoms with Crippen LogP contribution in [-0.4, -0.2) is 67.5 Å². The van der Waals surface area contributed by atoms with Gasteiger partial charge in [-0.15, -0.1) is 0 Å². The summed E-state index contributed by atoms with van der Waals surface area (Å²) >= 11 is 0. The molecule has 3 atom stereocenters. The number of nitrogens with one attached hydrogen (secondary N) is 2. The number of hydrogen-bond donors (Lipinski definition) is 5. The van der Waals surface area contributed by atoms with Crippen molar-refractivity contribution >= 4 is 17.8 Å². The molecule has 10 heteroatoms. The van der Waals surface area contributed by atoms with Crippen LogP contribution in [0.4, 0.5) is 0 Å². The van der Waals surface area contributed by atoms with Crippen LogP contribution in [0.3, 0.4) is 0 Å². The Balaban J connectivity index is 1.62. The van der Waals surface area contributed by atoms with Crippen molar-refractivity contribution in [3.05, 3.63) is 48.0 Å². The number of aromatic nitrogens is 2. The highest BCUT2D eigenvalue weighted by Gasteiger charge is 2.37. The topological polar surface area (TPSA) is 162 Å². The highest BCUT2D eigenvalue weighted by Crippen LogP contribution is 2.20. The minimum atomic E-state index is -1.17. The number of benzene rings is 1. The van der Waals surface area contributed by atoms with Crippen molar-refractivity contribution in [2.75, 3.05) is 6.54 Å². The Morgan fingerprint density at radius 3 is 2.63 bits per heavy atom. The summed E-state index contributed by atoms with van der Waals surface area (Å²) in [5, 5.41) is 21.3. The van der Waals surface area contributed by atoms with Gasteiger partial charge in [0.15, 0.2) is 0 Å². The molecule has 2 amide bonds. The fourth-order valence-electron chi connectivity index (χ4n) is 3.57. The summed E-state index contributed by atoms with van der Waals surface area (Å²) in [6, 6.07) is 3.67. The minimum absolute atomic E-state index is 0.0576. The first kappa shape index (κ1) is 21.3. The largest absolute Gasteiger partial charge is 0.508 e. The molecule has 1 fully saturated rings. The molecule has 3 rings (SSSR count). The standard InChI is InChI=1S/C20H25N5O5/c21-15(8-12-3-5-14(26)6-4-12)19(28)25-7-1-2-17(25)18(27)24-16(20(29)30)9-13-10-22-11-23-13/h3-6,10-11,15-17,26H,1-2,7-9,21H2,(H,22,23)(H,24,27)(H,29,30)/t15-,16-,17-/m0/s1. The van der Waals surface area contributed by atoms with Crippen LogP contribution in [-0.2, 0) is 27.2 Å². The molecule has 1 aliphatic heterocycles. The monoisotopic (exact) mass is 415 g/mol. The van der Waals surface area contributed by atoms with Crippen LogP contribution in [0.25, 0.3) is 0 Å². The van der Waals surface area contributed by atoms with Crippen LogP contribution >= 0.6 is 0 Å². The van der Waals surface area contributed by atoms with Gasteiger partial charge in [0.05, 0.1) is 12.4 Å². The number of carboxylic acid groups (broad SMARTS) is 1. The van der Waals surface area contributed by atoms with E-state index in [1.165, 1.54) is 29.6 Å². The molecule has 2 heterocycles. The van der Waals surface area contributed by atoms with Crippen LogP contribution in [0.15, 0.2) is 36.8 Å². The van der Waals surface area contributed by atoms with Crippen molar-refractivity contribution in [1.82, 2.24) is 20.2 Å². The first-order valence-corrected chi connectivity index (χ1v) is 9.69. The SMILES string of the molecule is N[C@@H](Cc1ccc(O)cc1)C(=O)N1CCC[C@H]1C(=O)N[C@@H](Cc1cnc[nH]1)C(=O)O. The lowest BCUT2D eigenvalue weighted by Gasteiger charge is -2.27. The van der Waals surface area contributed by atoms with Crippen molar-refractivity contribution in [3.8, 4) is 5.75 Å². The Kier molecular flexibility index (Phi) is 6.68. The predicted octanol–water partition coefficient (Wildman–Crippen LogP) is -0.212. The number of carbonyl (C=O) groups excluding carboxylic acids is 2. The molecule has 160 valence electrons. The van der Waals surface area contributed by atoms with Gasteiger partial charge in [0.2, 0.25) is 11.8 Å². The van der Waals surface area contributed by atoms with Gasteiger partial charge in [0.25, 0.3) is 0 Å². The van der Waals surface area contributed by atoms with Crippen LogP contribution in [0.5, 0.6) is 5.75 Å². The second-order valence-corrected chi connectivity index (χ2v) is 7.35. The Morgan fingerprint density at radius 2 is 2.00 bits per heavy atom. The van der Waals surface area contributed by atoms with Gasteiger partial charge in [-0.1, -0.05) is 12.1 Å². The van der Waals surface area contributed by atoms with E-state index in [1.807, 2.05) is 0 Å². The minimum Gasteiger partial charge on any atom is -0.508 e. The van der Waals surface area contributed by atoms with E-state index in [-0.39, 0.29) is 24.5 Å². The summed E-state index contributed by atoms with van der Waals surface area (Å²) in [6.07, 6.45) is 4.33. The molecular weight excluding hydrogens is 390 g/mol. The van der Waals surface area contributed by atoms with Crippen molar-refractivity contribution in [2.24, 2.45) is 5.73 Å². The maximum absolute atomic E-state index is 12.8. The summed E-state index contributed by atoms with van der Waals surface area (Å²) in [6.45, 7) is 0.387. The first-order valence-electron chi connectivity index (χ1n) is 9.69. The van der Waals surface area contributed by atoms with Gasteiger partial charge in [-0.3, -0.25) is 9.59 Å². The Bertz CT molecular complexity index is 884. The smallest absolute Gasteiger partial charge is 0.326 e. The highest BCUT2D eigenvalue weighted by atomic mass is 16.4. The molecule has 1 aromatic heterocycles. The summed E-state index contributed by atoms with van der Waals surface area (Å²) in [4.78, 5) is 45.2. The number of aromatic amines is 1. The quantitative estimate of drug-likeness (QED) is 0.398. The third-order valence-corrected chi connectivity index (χ3v) is 5.14. The lowest BCUT2D eigenvalue weighted by Crippen LogP contribution is -2.54. The average Bonchev–Trinajstić information content (AvgIpc) is 3.40. The van der Waals surface area contributed by atoms with E-state index in [0.717, 1.165) is 5.56 Å². The molecule has 1 aliphatic rings. The second-order valence-electron chi connectivity index (χ2n) is 7.35. The zero-order chi connectivity index (χ0) is 21.7. The van der Waals surface area contributed by atoms with Gasteiger partial charge in [0.1, 0.15) is 17.8 Å². The fraction of sp³-hybridized carbons (Fsp3) is 0.400. The van der Waals surface area contributed by atoms with Crippen LogP contribution < -0.4 is 11.1 Å². The van der Waals surface area contributed by atoms with E-state index in [4.69, 9.17) is 5.73 Å². The third kappa shape index (κ3) is 5.15. The molecule has 30 heavy (non-hydrogen) atoms. The molecule has 10 nitrogen and oxygen atoms in total. The number of rotatable bonds is 8. The number of phenols is 1. The van der Waals surface area contributed by atoms with E-state index >= 15 is 0 Å². The Labute approximate surface area is 173 Å². The van der Waals surface area contributed by atoms with Crippen LogP contribution in [0.1, 0.15) is 24.1 Å². The number of hydrogen-bond acceptors (Lipinski definition) is 6. The zero-order valence-electron chi connectivity index (χ0n) is 16.3. The molecule has 0 aliphatic carbocycles. The van der Waals surface area contributed by atoms with Crippen molar-refractivity contribution < 1.29 is 24.6 Å². The van der Waals surface area contributed by atoms with Gasteiger partial charge in [-0.25, -0.2) is 9.78 Å². The number of aromatic hydroxyl groups is 1. The zero-order valence-corrected chi connectivity index (χ0v) is 16.3. The van der Waals surface area contributed by atoms with Gasteiger partial charge in [-0.2, -0.15) is 0 Å². The van der Waals surface area contributed by atoms with Crippen LogP contribution in [0, 0.1) is 0 Å². The first-order chi connectivity index (χ1) is 14.3. The van der Waals surface area contributed by atoms with Gasteiger partial charge in [-0.05, 0) is 37.0 Å². The number of carbonyl (C=O) groups is 3. The van der Waals surface area contributed by atoms with E-state index in [9.17, 15) is 24.6 Å². The van der Waals surface area contributed by atoms with Gasteiger partial charge < -0.3 is 31.1 Å². The van der Waals surface area contributed by atoms with E-state index < -0.39 is 30.0 Å².